The zero-order chi connectivity index (χ0) is 30.4. The summed E-state index contributed by atoms with van der Waals surface area (Å²) in [6.07, 6.45) is 8.16. The van der Waals surface area contributed by atoms with Crippen molar-refractivity contribution in [3.8, 4) is 22.8 Å². The van der Waals surface area contributed by atoms with Gasteiger partial charge in [0.1, 0.15) is 17.7 Å². The summed E-state index contributed by atoms with van der Waals surface area (Å²) in [6, 6.07) is 14.2. The molecule has 1 saturated carbocycles. The van der Waals surface area contributed by atoms with Gasteiger partial charge in [-0.3, -0.25) is 9.69 Å². The third-order valence-electron chi connectivity index (χ3n) is 10.3. The molecular formula is C36H41FN2O5. The molecule has 7 rings (SSSR count). The van der Waals surface area contributed by atoms with E-state index in [4.69, 9.17) is 14.2 Å². The van der Waals surface area contributed by atoms with Gasteiger partial charge in [0.25, 0.3) is 0 Å². The number of benzene rings is 2. The molecule has 0 amide bonds. The highest BCUT2D eigenvalue weighted by molar-refractivity contribution is 5.71. The molecule has 2 saturated heterocycles. The van der Waals surface area contributed by atoms with Crippen LogP contribution in [0.25, 0.3) is 11.1 Å². The minimum atomic E-state index is -0.752. The molecule has 44 heavy (non-hydrogen) atoms. The maximum Gasteiger partial charge on any atom is 0.306 e. The van der Waals surface area contributed by atoms with Crippen LogP contribution in [0.5, 0.6) is 11.6 Å². The number of carboxylic acids is 1. The summed E-state index contributed by atoms with van der Waals surface area (Å²) in [5.41, 5.74) is 5.56. The number of pyridine rings is 1. The fourth-order valence-electron chi connectivity index (χ4n) is 7.73. The summed E-state index contributed by atoms with van der Waals surface area (Å²) < 4.78 is 33.4. The molecule has 3 aliphatic heterocycles. The number of aromatic nitrogens is 1. The summed E-state index contributed by atoms with van der Waals surface area (Å²) in [6.45, 7) is 5.15. The van der Waals surface area contributed by atoms with Gasteiger partial charge in [-0.05, 0) is 90.7 Å². The van der Waals surface area contributed by atoms with Gasteiger partial charge in [0, 0.05) is 37.9 Å². The first-order chi connectivity index (χ1) is 21.3. The summed E-state index contributed by atoms with van der Waals surface area (Å²) in [5, 5.41) is 9.78. The van der Waals surface area contributed by atoms with Crippen LogP contribution in [0.1, 0.15) is 79.7 Å². The van der Waals surface area contributed by atoms with Gasteiger partial charge in [0.2, 0.25) is 5.88 Å². The molecule has 232 valence electrons. The molecule has 4 atom stereocenters. The molecule has 1 aliphatic carbocycles. The number of methoxy groups -OCH3 is 1. The number of aryl methyl sites for hydroxylation is 1. The first-order valence-electron chi connectivity index (χ1n) is 16.0. The number of rotatable bonds is 9. The van der Waals surface area contributed by atoms with Crippen molar-refractivity contribution in [1.29, 1.82) is 0 Å². The lowest BCUT2D eigenvalue weighted by Crippen LogP contribution is -2.32. The highest BCUT2D eigenvalue weighted by atomic mass is 19.1. The molecule has 3 aromatic rings. The van der Waals surface area contributed by atoms with Crippen LogP contribution in [0, 0.1) is 17.7 Å². The molecule has 3 fully saturated rings. The molecule has 0 bridgehead atoms. The summed E-state index contributed by atoms with van der Waals surface area (Å²) in [5.74, 6) is 0.0538. The molecule has 4 heterocycles. The van der Waals surface area contributed by atoms with Crippen molar-refractivity contribution >= 4 is 5.97 Å². The molecule has 2 aromatic carbocycles. The van der Waals surface area contributed by atoms with Crippen LogP contribution in [0.3, 0.4) is 0 Å². The topological polar surface area (TPSA) is 81.1 Å². The number of fused-ring (bicyclic) bond motifs is 1. The van der Waals surface area contributed by atoms with Crippen molar-refractivity contribution in [3.05, 3.63) is 76.7 Å². The Morgan fingerprint density at radius 2 is 2.02 bits per heavy atom. The summed E-state index contributed by atoms with van der Waals surface area (Å²) in [4.78, 5) is 18.4. The second-order valence-corrected chi connectivity index (χ2v) is 13.2. The lowest BCUT2D eigenvalue weighted by molar-refractivity contribution is -0.142. The summed E-state index contributed by atoms with van der Waals surface area (Å²) >= 11 is 0. The number of hydrogen-bond donors (Lipinski definition) is 1. The molecule has 1 aromatic heterocycles. The van der Waals surface area contributed by atoms with Crippen LogP contribution < -0.4 is 9.47 Å². The van der Waals surface area contributed by atoms with E-state index >= 15 is 4.39 Å². The van der Waals surface area contributed by atoms with Crippen LogP contribution >= 0.6 is 0 Å². The van der Waals surface area contributed by atoms with Gasteiger partial charge in [-0.2, -0.15) is 0 Å². The highest BCUT2D eigenvalue weighted by Crippen LogP contribution is 2.48. The number of likely N-dealkylation sites (tertiary alicyclic amines) is 1. The van der Waals surface area contributed by atoms with E-state index in [1.165, 1.54) is 13.3 Å². The second kappa shape index (κ2) is 11.8. The Morgan fingerprint density at radius 3 is 2.77 bits per heavy atom. The lowest BCUT2D eigenvalue weighted by Gasteiger charge is -2.29. The van der Waals surface area contributed by atoms with Crippen molar-refractivity contribution in [2.75, 3.05) is 26.8 Å². The maximum atomic E-state index is 15.2. The molecule has 8 heteroatoms. The van der Waals surface area contributed by atoms with Crippen molar-refractivity contribution < 1.29 is 28.5 Å². The van der Waals surface area contributed by atoms with E-state index in [1.807, 2.05) is 13.0 Å². The summed E-state index contributed by atoms with van der Waals surface area (Å²) in [7, 11) is 1.54. The molecule has 0 radical (unpaired) electrons. The van der Waals surface area contributed by atoms with E-state index < -0.39 is 11.9 Å². The van der Waals surface area contributed by atoms with E-state index in [9.17, 15) is 9.90 Å². The van der Waals surface area contributed by atoms with E-state index in [1.54, 1.807) is 6.07 Å². The predicted molar refractivity (Wildman–Crippen MR) is 164 cm³/mol. The van der Waals surface area contributed by atoms with E-state index in [-0.39, 0.29) is 23.4 Å². The third-order valence-corrected chi connectivity index (χ3v) is 10.3. The normalized spacial score (nSPS) is 24.6. The Balaban J connectivity index is 1.19. The van der Waals surface area contributed by atoms with Crippen molar-refractivity contribution in [2.45, 2.75) is 76.0 Å². The van der Waals surface area contributed by atoms with Gasteiger partial charge < -0.3 is 19.3 Å². The number of nitrogens with zero attached hydrogens (tertiary/aromatic N) is 2. The second-order valence-electron chi connectivity index (χ2n) is 13.2. The standard InChI is InChI=1S/C36H41FN2O5/c1-22(35(40)41)34(24-5-6-24)26-7-4-23-9-11-31(44-32(23)17-26)25-8-10-28(29-18-33(42-2)38-19-30(29)37)27(16-25)20-39-14-13-36(21-39)12-3-15-43-36/h4,7-8,10,16-19,22,24,31,34H,3,5-6,9,11-15,20-21H2,1-2H3,(H,40,41)/t22-,31?,34-,36?/m0/s1. The van der Waals surface area contributed by atoms with Crippen LogP contribution in [0.2, 0.25) is 0 Å². The third kappa shape index (κ3) is 5.70. The minimum absolute atomic E-state index is 0.00693. The maximum absolute atomic E-state index is 15.2. The van der Waals surface area contributed by atoms with Gasteiger partial charge in [-0.15, -0.1) is 0 Å². The molecular weight excluding hydrogens is 559 g/mol. The van der Waals surface area contributed by atoms with E-state index in [0.29, 0.717) is 23.9 Å². The fraction of sp³-hybridized carbons (Fsp3) is 0.500. The van der Waals surface area contributed by atoms with Crippen molar-refractivity contribution in [1.82, 2.24) is 9.88 Å². The van der Waals surface area contributed by atoms with Crippen LogP contribution in [-0.4, -0.2) is 53.4 Å². The average Bonchev–Trinajstić information content (AvgIpc) is 3.63. The number of aliphatic carboxylic acids is 1. The monoisotopic (exact) mass is 600 g/mol. The van der Waals surface area contributed by atoms with Gasteiger partial charge in [-0.25, -0.2) is 9.37 Å². The van der Waals surface area contributed by atoms with E-state index in [0.717, 1.165) is 98.2 Å². The zero-order valence-corrected chi connectivity index (χ0v) is 25.6. The van der Waals surface area contributed by atoms with Crippen molar-refractivity contribution in [2.24, 2.45) is 11.8 Å². The van der Waals surface area contributed by atoms with Gasteiger partial charge in [0.05, 0.1) is 24.8 Å². The Morgan fingerprint density at radius 1 is 1.16 bits per heavy atom. The first-order valence-corrected chi connectivity index (χ1v) is 16.0. The zero-order valence-electron chi connectivity index (χ0n) is 25.6. The van der Waals surface area contributed by atoms with Gasteiger partial charge in [0.15, 0.2) is 0 Å². The first kappa shape index (κ1) is 29.2. The highest BCUT2D eigenvalue weighted by Gasteiger charge is 2.42. The largest absolute Gasteiger partial charge is 0.485 e. The molecule has 4 aliphatic rings. The Bertz CT molecular complexity index is 1550. The minimum Gasteiger partial charge on any atom is -0.485 e. The average molecular weight is 601 g/mol. The molecule has 1 N–H and O–H groups in total. The number of carboxylic acid groups (broad SMARTS) is 1. The smallest absolute Gasteiger partial charge is 0.306 e. The fourth-order valence-corrected chi connectivity index (χ4v) is 7.73. The molecule has 7 nitrogen and oxygen atoms in total. The lowest BCUT2D eigenvalue weighted by atomic mass is 9.82. The van der Waals surface area contributed by atoms with Crippen LogP contribution in [0.15, 0.2) is 48.7 Å². The Labute approximate surface area is 258 Å². The molecule has 1 spiro atoms. The number of ether oxygens (including phenoxy) is 3. The van der Waals surface area contributed by atoms with Crippen molar-refractivity contribution in [3.63, 3.8) is 0 Å². The SMILES string of the molecule is COc1cc(-c2ccc(C3CCc4ccc([C@H](C5CC5)[C@H](C)C(=O)O)cc4O3)cc2CN2CCC3(CCCO3)C2)c(F)cn1. The quantitative estimate of drug-likeness (QED) is 0.285. The number of carbonyl (C=O) groups is 1. The molecule has 2 unspecified atom stereocenters. The Kier molecular flexibility index (Phi) is 7.83. The van der Waals surface area contributed by atoms with Crippen LogP contribution in [0.4, 0.5) is 4.39 Å². The number of hydrogen-bond acceptors (Lipinski definition) is 6. The van der Waals surface area contributed by atoms with Gasteiger partial charge >= 0.3 is 5.97 Å². The van der Waals surface area contributed by atoms with E-state index in [2.05, 4.69) is 40.2 Å². The number of halogens is 1. The van der Waals surface area contributed by atoms with Gasteiger partial charge in [-0.1, -0.05) is 37.3 Å². The predicted octanol–water partition coefficient (Wildman–Crippen LogP) is 6.93. The Hall–Kier alpha value is -3.49. The van der Waals surface area contributed by atoms with Crippen LogP contribution in [-0.2, 0) is 22.5 Å².